The van der Waals surface area contributed by atoms with E-state index < -0.39 is 0 Å². The molecule has 5 nitrogen and oxygen atoms in total. The first-order valence-corrected chi connectivity index (χ1v) is 9.60. The molecule has 0 bridgehead atoms. The monoisotopic (exact) mass is 364 g/mol. The number of piperazine rings is 1. The van der Waals surface area contributed by atoms with Crippen LogP contribution in [0.4, 0.5) is 5.69 Å². The molecule has 2 aromatic carbocycles. The molecule has 1 atom stereocenters. The highest BCUT2D eigenvalue weighted by Crippen LogP contribution is 2.09. The van der Waals surface area contributed by atoms with Crippen molar-refractivity contribution >= 4 is 11.6 Å². The first-order valence-electron chi connectivity index (χ1n) is 9.60. The van der Waals surface area contributed by atoms with Crippen LogP contribution in [0.5, 0.6) is 0 Å². The van der Waals surface area contributed by atoms with Crippen molar-refractivity contribution in [2.24, 2.45) is 0 Å². The highest BCUT2D eigenvalue weighted by atomic mass is 16.2. The Kier molecular flexibility index (Phi) is 6.23. The summed E-state index contributed by atoms with van der Waals surface area (Å²) in [5.74, 6) is 0.0162. The lowest BCUT2D eigenvalue weighted by atomic mass is 10.1. The van der Waals surface area contributed by atoms with Crippen molar-refractivity contribution in [2.45, 2.75) is 26.4 Å². The van der Waals surface area contributed by atoms with E-state index in [0.717, 1.165) is 32.7 Å². The molecule has 0 radical (unpaired) electrons. The summed E-state index contributed by atoms with van der Waals surface area (Å²) in [6, 6.07) is 17.6. The van der Waals surface area contributed by atoms with E-state index in [9.17, 15) is 4.79 Å². The molecule has 3 N–H and O–H groups in total. The van der Waals surface area contributed by atoms with Gasteiger partial charge >= 0.3 is 0 Å². The average molecular weight is 364 g/mol. The lowest BCUT2D eigenvalue weighted by Gasteiger charge is -2.32. The number of hydrogen-bond acceptors (Lipinski definition) is 2. The maximum atomic E-state index is 12.6. The van der Waals surface area contributed by atoms with E-state index in [4.69, 9.17) is 5.26 Å². The molecule has 0 unspecified atom stereocenters. The first kappa shape index (κ1) is 19.1. The van der Waals surface area contributed by atoms with Gasteiger partial charge in [-0.2, -0.15) is 5.26 Å². The van der Waals surface area contributed by atoms with Crippen LogP contribution in [0.3, 0.4) is 0 Å². The summed E-state index contributed by atoms with van der Waals surface area (Å²) in [6.07, 6.45) is 0. The lowest BCUT2D eigenvalue weighted by Crippen LogP contribution is -3.29. The topological polar surface area (TPSA) is 61.8 Å². The van der Waals surface area contributed by atoms with Crippen LogP contribution in [-0.4, -0.2) is 38.1 Å². The second-order valence-corrected chi connectivity index (χ2v) is 7.42. The van der Waals surface area contributed by atoms with E-state index in [0.29, 0.717) is 11.3 Å². The molecule has 1 aliphatic heterocycles. The number of amides is 1. The van der Waals surface area contributed by atoms with Crippen LogP contribution in [0.2, 0.25) is 0 Å². The fraction of sp³-hybridized carbons (Fsp3) is 0.364. The Morgan fingerprint density at radius 1 is 1.15 bits per heavy atom. The van der Waals surface area contributed by atoms with Crippen LogP contribution < -0.4 is 15.1 Å². The fourth-order valence-electron chi connectivity index (χ4n) is 3.71. The SMILES string of the molecule is Cc1ccccc1C[NH+]1CC[NH+]([C@@H](C)C(=O)Nc2cccc(C#N)c2)CC1. The minimum atomic E-state index is -0.101. The summed E-state index contributed by atoms with van der Waals surface area (Å²) >= 11 is 0. The van der Waals surface area contributed by atoms with E-state index in [-0.39, 0.29) is 11.9 Å². The Labute approximate surface area is 161 Å². The third-order valence-corrected chi connectivity index (χ3v) is 5.57. The zero-order valence-corrected chi connectivity index (χ0v) is 16.1. The Bertz CT molecular complexity index is 834. The Balaban J connectivity index is 1.52. The zero-order valence-electron chi connectivity index (χ0n) is 16.1. The van der Waals surface area contributed by atoms with E-state index >= 15 is 0 Å². The number of hydrogen-bond donors (Lipinski definition) is 3. The van der Waals surface area contributed by atoms with E-state index in [1.54, 1.807) is 23.1 Å². The second kappa shape index (κ2) is 8.81. The standard InChI is InChI=1S/C22H26N4O/c1-17-6-3-4-8-20(17)16-25-10-12-26(13-11-25)18(2)22(27)24-21-9-5-7-19(14-21)15-23/h3-9,14,18H,10-13,16H2,1-2H3,(H,24,27)/p+2/t18-/m0/s1. The maximum Gasteiger partial charge on any atom is 0.282 e. The summed E-state index contributed by atoms with van der Waals surface area (Å²) in [5, 5.41) is 11.9. The summed E-state index contributed by atoms with van der Waals surface area (Å²) in [7, 11) is 0. The largest absolute Gasteiger partial charge is 0.322 e. The molecule has 27 heavy (non-hydrogen) atoms. The number of anilines is 1. The van der Waals surface area contributed by atoms with Crippen LogP contribution >= 0.6 is 0 Å². The van der Waals surface area contributed by atoms with E-state index in [1.165, 1.54) is 16.0 Å². The minimum Gasteiger partial charge on any atom is -0.322 e. The normalized spacial score (nSPS) is 20.5. The number of carbonyl (C=O) groups is 1. The van der Waals surface area contributed by atoms with Crippen LogP contribution in [-0.2, 0) is 11.3 Å². The van der Waals surface area contributed by atoms with Gasteiger partial charge in [0.2, 0.25) is 0 Å². The van der Waals surface area contributed by atoms with Crippen LogP contribution in [0, 0.1) is 18.3 Å². The molecule has 0 aliphatic carbocycles. The number of benzene rings is 2. The fourth-order valence-corrected chi connectivity index (χ4v) is 3.71. The van der Waals surface area contributed by atoms with Gasteiger partial charge in [0, 0.05) is 11.3 Å². The molecule has 1 heterocycles. The summed E-state index contributed by atoms with van der Waals surface area (Å²) in [5.41, 5.74) is 4.02. The molecule has 3 rings (SSSR count). The molecule has 0 spiro atoms. The first-order chi connectivity index (χ1) is 13.1. The molecule has 0 aromatic heterocycles. The molecule has 0 saturated carbocycles. The molecule has 5 heteroatoms. The van der Waals surface area contributed by atoms with Gasteiger partial charge in [0.1, 0.15) is 32.7 Å². The maximum absolute atomic E-state index is 12.6. The predicted octanol–water partition coefficient (Wildman–Crippen LogP) is 0.177. The summed E-state index contributed by atoms with van der Waals surface area (Å²) in [4.78, 5) is 15.5. The molecular formula is C22H28N4O+2. The van der Waals surface area contributed by atoms with Crippen molar-refractivity contribution in [3.63, 3.8) is 0 Å². The number of aryl methyl sites for hydroxylation is 1. The van der Waals surface area contributed by atoms with Crippen molar-refractivity contribution in [3.05, 3.63) is 65.2 Å². The molecule has 1 aliphatic rings. The molecule has 140 valence electrons. The van der Waals surface area contributed by atoms with Crippen LogP contribution in [0.1, 0.15) is 23.6 Å². The van der Waals surface area contributed by atoms with Crippen molar-refractivity contribution in [3.8, 4) is 6.07 Å². The van der Waals surface area contributed by atoms with Gasteiger partial charge in [-0.05, 0) is 37.6 Å². The Morgan fingerprint density at radius 2 is 1.89 bits per heavy atom. The van der Waals surface area contributed by atoms with Crippen molar-refractivity contribution in [1.82, 2.24) is 0 Å². The number of quaternary nitrogens is 2. The quantitative estimate of drug-likeness (QED) is 0.709. The summed E-state index contributed by atoms with van der Waals surface area (Å²) < 4.78 is 0. The van der Waals surface area contributed by atoms with Crippen molar-refractivity contribution in [1.29, 1.82) is 5.26 Å². The average Bonchev–Trinajstić information content (AvgIpc) is 2.70. The van der Waals surface area contributed by atoms with Gasteiger partial charge in [-0.1, -0.05) is 30.3 Å². The smallest absolute Gasteiger partial charge is 0.282 e. The molecule has 2 aromatic rings. The predicted molar refractivity (Wildman–Crippen MR) is 106 cm³/mol. The Hall–Kier alpha value is -2.68. The highest BCUT2D eigenvalue weighted by Gasteiger charge is 2.31. The number of nitrogens with zero attached hydrogens (tertiary/aromatic N) is 1. The lowest BCUT2D eigenvalue weighted by molar-refractivity contribution is -1.02. The molecule has 1 saturated heterocycles. The van der Waals surface area contributed by atoms with E-state index in [2.05, 4.69) is 42.6 Å². The van der Waals surface area contributed by atoms with Gasteiger partial charge < -0.3 is 15.1 Å². The third kappa shape index (κ3) is 4.94. The van der Waals surface area contributed by atoms with Gasteiger partial charge in [-0.25, -0.2) is 0 Å². The molecule has 1 amide bonds. The number of carbonyl (C=O) groups excluding carboxylic acids is 1. The van der Waals surface area contributed by atoms with Crippen molar-refractivity contribution in [2.75, 3.05) is 31.5 Å². The van der Waals surface area contributed by atoms with Crippen molar-refractivity contribution < 1.29 is 14.6 Å². The van der Waals surface area contributed by atoms with Gasteiger partial charge in [0.05, 0.1) is 11.6 Å². The third-order valence-electron chi connectivity index (χ3n) is 5.57. The second-order valence-electron chi connectivity index (χ2n) is 7.42. The minimum absolute atomic E-state index is 0.0162. The van der Waals surface area contributed by atoms with E-state index in [1.807, 2.05) is 13.0 Å². The number of rotatable bonds is 5. The van der Waals surface area contributed by atoms with Gasteiger partial charge in [0.25, 0.3) is 5.91 Å². The van der Waals surface area contributed by atoms with Gasteiger partial charge in [-0.3, -0.25) is 4.79 Å². The van der Waals surface area contributed by atoms with Gasteiger partial charge in [-0.15, -0.1) is 0 Å². The van der Waals surface area contributed by atoms with Crippen LogP contribution in [0.15, 0.2) is 48.5 Å². The summed E-state index contributed by atoms with van der Waals surface area (Å²) in [6.45, 7) is 9.36. The highest BCUT2D eigenvalue weighted by molar-refractivity contribution is 5.93. The van der Waals surface area contributed by atoms with Gasteiger partial charge in [0.15, 0.2) is 6.04 Å². The van der Waals surface area contributed by atoms with Crippen LogP contribution in [0.25, 0.3) is 0 Å². The molecular weight excluding hydrogens is 336 g/mol. The molecule has 1 fully saturated rings. The Morgan fingerprint density at radius 3 is 2.59 bits per heavy atom. The number of nitrogens with one attached hydrogen (secondary N) is 3. The number of nitriles is 1. The zero-order chi connectivity index (χ0) is 19.2.